The van der Waals surface area contributed by atoms with Crippen LogP contribution in [0.1, 0.15) is 17.5 Å². The van der Waals surface area contributed by atoms with Gasteiger partial charge >= 0.3 is 6.18 Å². The van der Waals surface area contributed by atoms with Crippen LogP contribution < -0.4 is 0 Å². The lowest BCUT2D eigenvalue weighted by Crippen LogP contribution is -2.05. The number of carbonyl (C=O) groups is 1. The average molecular weight is 283 g/mol. The van der Waals surface area contributed by atoms with Gasteiger partial charge in [-0.1, -0.05) is 35.4 Å². The van der Waals surface area contributed by atoms with E-state index in [1.165, 1.54) is 12.2 Å². The molecule has 0 saturated heterocycles. The zero-order valence-corrected chi connectivity index (χ0v) is 9.90. The molecule has 0 radical (unpaired) electrons. The van der Waals surface area contributed by atoms with Gasteiger partial charge in [-0.05, 0) is 12.1 Å². The molecule has 1 aromatic carbocycles. The van der Waals surface area contributed by atoms with E-state index >= 15 is 0 Å². The number of allylic oxidation sites excluding steroid dienone is 1. The van der Waals surface area contributed by atoms with Crippen molar-refractivity contribution in [2.75, 3.05) is 0 Å². The fraction of sp³-hybridized carbons (Fsp3) is 0.182. The van der Waals surface area contributed by atoms with Crippen molar-refractivity contribution in [3.63, 3.8) is 0 Å². The lowest BCUT2D eigenvalue weighted by molar-refractivity contribution is -0.137. The summed E-state index contributed by atoms with van der Waals surface area (Å²) in [6, 6.07) is 1.60. The fourth-order valence-electron chi connectivity index (χ4n) is 1.15. The summed E-state index contributed by atoms with van der Waals surface area (Å²) < 4.78 is 37.2. The van der Waals surface area contributed by atoms with Gasteiger partial charge in [0.1, 0.15) is 6.29 Å². The molecule has 0 unspecified atom stereocenters. The number of alkyl halides is 3. The summed E-state index contributed by atoms with van der Waals surface area (Å²) in [6.45, 7) is 0. The molecule has 0 saturated carbocycles. The van der Waals surface area contributed by atoms with E-state index in [0.29, 0.717) is 6.29 Å². The first-order chi connectivity index (χ1) is 7.86. The van der Waals surface area contributed by atoms with Gasteiger partial charge in [-0.15, -0.1) is 0 Å². The minimum Gasteiger partial charge on any atom is -0.303 e. The maximum atomic E-state index is 12.4. The standard InChI is InChI=1S/C11H7Cl2F3O/c12-9-5-7(11(14,15)16)6-10(13)8(9)3-1-2-4-17/h1,3-6H,2H2. The van der Waals surface area contributed by atoms with Gasteiger partial charge in [-0.3, -0.25) is 0 Å². The monoisotopic (exact) mass is 282 g/mol. The van der Waals surface area contributed by atoms with E-state index in [0.717, 1.165) is 12.1 Å². The van der Waals surface area contributed by atoms with Crippen LogP contribution >= 0.6 is 23.2 Å². The number of hydrogen-bond acceptors (Lipinski definition) is 1. The molecule has 0 N–H and O–H groups in total. The summed E-state index contributed by atoms with van der Waals surface area (Å²) in [5.74, 6) is 0. The van der Waals surface area contributed by atoms with Crippen molar-refractivity contribution in [1.82, 2.24) is 0 Å². The van der Waals surface area contributed by atoms with Crippen LogP contribution in [0.2, 0.25) is 10.0 Å². The molecule has 1 nitrogen and oxygen atoms in total. The smallest absolute Gasteiger partial charge is 0.303 e. The summed E-state index contributed by atoms with van der Waals surface area (Å²) >= 11 is 11.4. The van der Waals surface area contributed by atoms with Crippen molar-refractivity contribution in [2.24, 2.45) is 0 Å². The quantitative estimate of drug-likeness (QED) is 0.740. The van der Waals surface area contributed by atoms with E-state index in [1.54, 1.807) is 0 Å². The highest BCUT2D eigenvalue weighted by molar-refractivity contribution is 6.37. The van der Waals surface area contributed by atoms with E-state index in [1.807, 2.05) is 0 Å². The largest absolute Gasteiger partial charge is 0.416 e. The summed E-state index contributed by atoms with van der Waals surface area (Å²) in [5.41, 5.74) is -0.636. The van der Waals surface area contributed by atoms with Gasteiger partial charge in [0.2, 0.25) is 0 Å². The van der Waals surface area contributed by atoms with Crippen molar-refractivity contribution in [3.05, 3.63) is 39.4 Å². The van der Waals surface area contributed by atoms with Crippen LogP contribution in [0.5, 0.6) is 0 Å². The normalized spacial score (nSPS) is 12.1. The second-order valence-electron chi connectivity index (χ2n) is 3.16. The van der Waals surface area contributed by atoms with Crippen LogP contribution in [0.25, 0.3) is 6.08 Å². The van der Waals surface area contributed by atoms with Gasteiger partial charge in [0.15, 0.2) is 0 Å². The summed E-state index contributed by atoms with van der Waals surface area (Å²) in [7, 11) is 0. The van der Waals surface area contributed by atoms with E-state index in [2.05, 4.69) is 0 Å². The van der Waals surface area contributed by atoms with Crippen molar-refractivity contribution < 1.29 is 18.0 Å². The SMILES string of the molecule is O=CCC=Cc1c(Cl)cc(C(F)(F)F)cc1Cl. The van der Waals surface area contributed by atoms with Crippen LogP contribution in [0, 0.1) is 0 Å². The molecule has 92 valence electrons. The Balaban J connectivity index is 3.15. The van der Waals surface area contributed by atoms with Crippen LogP contribution in [-0.2, 0) is 11.0 Å². The molecule has 1 aromatic rings. The summed E-state index contributed by atoms with van der Waals surface area (Å²) in [6.07, 6.45) is -0.805. The maximum absolute atomic E-state index is 12.4. The molecular weight excluding hydrogens is 276 g/mol. The third-order valence-corrected chi connectivity index (χ3v) is 2.55. The van der Waals surface area contributed by atoms with Gasteiger partial charge in [0.25, 0.3) is 0 Å². The Morgan fingerprint density at radius 2 is 1.71 bits per heavy atom. The predicted octanol–water partition coefficient (Wildman–Crippen LogP) is 4.61. The summed E-state index contributed by atoms with van der Waals surface area (Å²) in [4.78, 5) is 10.1. The highest BCUT2D eigenvalue weighted by Crippen LogP contribution is 2.36. The van der Waals surface area contributed by atoms with Gasteiger partial charge in [-0.2, -0.15) is 13.2 Å². The van der Waals surface area contributed by atoms with Gasteiger partial charge in [-0.25, -0.2) is 0 Å². The molecule has 6 heteroatoms. The topological polar surface area (TPSA) is 17.1 Å². The highest BCUT2D eigenvalue weighted by Gasteiger charge is 2.31. The maximum Gasteiger partial charge on any atom is 0.416 e. The van der Waals surface area contributed by atoms with Crippen molar-refractivity contribution in [2.45, 2.75) is 12.6 Å². The Morgan fingerprint density at radius 1 is 1.18 bits per heavy atom. The lowest BCUT2D eigenvalue weighted by Gasteiger charge is -2.10. The third kappa shape index (κ3) is 3.75. The van der Waals surface area contributed by atoms with Gasteiger partial charge in [0.05, 0.1) is 5.56 Å². The third-order valence-electron chi connectivity index (χ3n) is 1.92. The van der Waals surface area contributed by atoms with Crippen molar-refractivity contribution >= 4 is 35.6 Å². The van der Waals surface area contributed by atoms with Crippen molar-refractivity contribution in [1.29, 1.82) is 0 Å². The molecule has 1 rings (SSSR count). The average Bonchev–Trinajstić information content (AvgIpc) is 2.20. The first-order valence-electron chi connectivity index (χ1n) is 4.52. The molecule has 0 atom stereocenters. The lowest BCUT2D eigenvalue weighted by atomic mass is 10.1. The Labute approximate surface area is 106 Å². The Kier molecular flexibility index (Phi) is 4.60. The molecule has 0 heterocycles. The van der Waals surface area contributed by atoms with Crippen LogP contribution in [0.3, 0.4) is 0 Å². The molecule has 0 aliphatic rings. The first kappa shape index (κ1) is 14.1. The molecule has 0 aromatic heterocycles. The first-order valence-corrected chi connectivity index (χ1v) is 5.28. The fourth-order valence-corrected chi connectivity index (χ4v) is 1.76. The van der Waals surface area contributed by atoms with Crippen LogP contribution in [0.15, 0.2) is 18.2 Å². The zero-order valence-electron chi connectivity index (χ0n) is 8.39. The molecule has 0 amide bonds. The number of hydrogen-bond donors (Lipinski definition) is 0. The number of aldehydes is 1. The molecule has 0 aliphatic carbocycles. The summed E-state index contributed by atoms with van der Waals surface area (Å²) in [5, 5.41) is -0.209. The van der Waals surface area contributed by atoms with Crippen molar-refractivity contribution in [3.8, 4) is 0 Å². The minimum absolute atomic E-state index is 0.105. The molecule has 0 bridgehead atoms. The van der Waals surface area contributed by atoms with Gasteiger partial charge < -0.3 is 4.79 Å². The van der Waals surface area contributed by atoms with Crippen LogP contribution in [0.4, 0.5) is 13.2 Å². The van der Waals surface area contributed by atoms with E-state index in [-0.39, 0.29) is 22.0 Å². The van der Waals surface area contributed by atoms with E-state index in [9.17, 15) is 18.0 Å². The second kappa shape index (κ2) is 5.56. The molecule has 0 fully saturated rings. The predicted molar refractivity (Wildman–Crippen MR) is 61.2 cm³/mol. The number of halogens is 5. The Bertz CT molecular complexity index is 430. The van der Waals surface area contributed by atoms with Gasteiger partial charge in [0, 0.05) is 22.0 Å². The molecule has 17 heavy (non-hydrogen) atoms. The zero-order chi connectivity index (χ0) is 13.1. The number of carbonyl (C=O) groups excluding carboxylic acids is 1. The Morgan fingerprint density at radius 3 is 2.12 bits per heavy atom. The van der Waals surface area contributed by atoms with E-state index < -0.39 is 11.7 Å². The molecule has 0 aliphatic heterocycles. The second-order valence-corrected chi connectivity index (χ2v) is 3.97. The van der Waals surface area contributed by atoms with E-state index in [4.69, 9.17) is 23.2 Å². The highest BCUT2D eigenvalue weighted by atomic mass is 35.5. The minimum atomic E-state index is -4.49. The Hall–Kier alpha value is -1.00. The molecule has 0 spiro atoms. The van der Waals surface area contributed by atoms with Crippen LogP contribution in [-0.4, -0.2) is 6.29 Å². The number of benzene rings is 1. The molecular formula is C11H7Cl2F3O. The number of rotatable bonds is 3.